The van der Waals surface area contributed by atoms with Crippen LogP contribution in [0.5, 0.6) is 0 Å². The average molecular weight is 343 g/mol. The highest BCUT2D eigenvalue weighted by molar-refractivity contribution is 5.84. The van der Waals surface area contributed by atoms with Crippen molar-refractivity contribution in [3.8, 4) is 0 Å². The van der Waals surface area contributed by atoms with Gasteiger partial charge in [-0.2, -0.15) is 0 Å². The first-order valence-electron chi connectivity index (χ1n) is 8.37. The number of amides is 3. The zero-order chi connectivity index (χ0) is 18.2. The zero-order valence-corrected chi connectivity index (χ0v) is 14.9. The molecule has 0 saturated carbocycles. The van der Waals surface area contributed by atoms with Gasteiger partial charge < -0.3 is 20.4 Å². The Bertz CT molecular complexity index is 710. The summed E-state index contributed by atoms with van der Waals surface area (Å²) in [5.41, 5.74) is 2.09. The smallest absolute Gasteiger partial charge is 0.315 e. The van der Waals surface area contributed by atoms with Gasteiger partial charge >= 0.3 is 6.03 Å². The van der Waals surface area contributed by atoms with Gasteiger partial charge in [0.1, 0.15) is 11.5 Å². The fourth-order valence-corrected chi connectivity index (χ4v) is 2.62. The topological polar surface area (TPSA) is 83.4 Å². The van der Waals surface area contributed by atoms with Crippen LogP contribution in [0.1, 0.15) is 35.6 Å². The van der Waals surface area contributed by atoms with E-state index in [1.54, 1.807) is 0 Å². The predicted molar refractivity (Wildman–Crippen MR) is 96.3 cm³/mol. The van der Waals surface area contributed by atoms with Crippen molar-refractivity contribution in [1.82, 2.24) is 16.0 Å². The fraction of sp³-hybridized carbons (Fsp3) is 0.368. The number of hydrogen-bond acceptors (Lipinski definition) is 3. The highest BCUT2D eigenvalue weighted by atomic mass is 16.3. The van der Waals surface area contributed by atoms with Gasteiger partial charge in [0.25, 0.3) is 0 Å². The monoisotopic (exact) mass is 343 g/mol. The van der Waals surface area contributed by atoms with E-state index in [-0.39, 0.29) is 24.5 Å². The minimum atomic E-state index is -0.385. The quantitative estimate of drug-likeness (QED) is 0.722. The summed E-state index contributed by atoms with van der Waals surface area (Å²) >= 11 is 0. The van der Waals surface area contributed by atoms with Crippen LogP contribution < -0.4 is 16.0 Å². The summed E-state index contributed by atoms with van der Waals surface area (Å²) < 4.78 is 5.46. The van der Waals surface area contributed by atoms with Crippen LogP contribution in [0.4, 0.5) is 4.79 Å². The molecule has 0 bridgehead atoms. The fourth-order valence-electron chi connectivity index (χ4n) is 2.62. The lowest BCUT2D eigenvalue weighted by molar-refractivity contribution is -0.120. The van der Waals surface area contributed by atoms with Gasteiger partial charge in [-0.25, -0.2) is 4.79 Å². The number of furan rings is 1. The maximum atomic E-state index is 11.9. The van der Waals surface area contributed by atoms with E-state index in [1.165, 1.54) is 0 Å². The molecule has 0 spiro atoms. The molecule has 2 aromatic rings. The lowest BCUT2D eigenvalue weighted by Crippen LogP contribution is -2.43. The third-order valence-corrected chi connectivity index (χ3v) is 3.88. The largest absolute Gasteiger partial charge is 0.466 e. The molecule has 0 saturated heterocycles. The molecule has 2 rings (SSSR count). The molecule has 6 nitrogen and oxygen atoms in total. The van der Waals surface area contributed by atoms with Crippen molar-refractivity contribution in [3.05, 3.63) is 59.0 Å². The SMILES string of the molecule is Cc1cc([C@@H](C)NC(=O)NCC(=O)NCCc2ccccc2)c(C)o1. The lowest BCUT2D eigenvalue weighted by atomic mass is 10.1. The van der Waals surface area contributed by atoms with Crippen LogP contribution in [-0.2, 0) is 11.2 Å². The van der Waals surface area contributed by atoms with E-state index in [9.17, 15) is 9.59 Å². The summed E-state index contributed by atoms with van der Waals surface area (Å²) in [6.07, 6.45) is 0.759. The molecule has 1 heterocycles. The molecule has 0 aliphatic rings. The average Bonchev–Trinajstić information content (AvgIpc) is 2.92. The van der Waals surface area contributed by atoms with E-state index in [1.807, 2.05) is 57.2 Å². The second kappa shape index (κ2) is 8.92. The summed E-state index contributed by atoms with van der Waals surface area (Å²) in [6, 6.07) is 11.2. The molecule has 6 heteroatoms. The summed E-state index contributed by atoms with van der Waals surface area (Å²) in [6.45, 7) is 6.07. The molecule has 1 aromatic heterocycles. The molecule has 3 N–H and O–H groups in total. The molecule has 25 heavy (non-hydrogen) atoms. The van der Waals surface area contributed by atoms with Gasteiger partial charge in [-0.3, -0.25) is 4.79 Å². The molecule has 3 amide bonds. The molecule has 0 aliphatic heterocycles. The number of carbonyl (C=O) groups excluding carboxylic acids is 2. The summed E-state index contributed by atoms with van der Waals surface area (Å²) in [4.78, 5) is 23.7. The van der Waals surface area contributed by atoms with Gasteiger partial charge in [0, 0.05) is 12.1 Å². The van der Waals surface area contributed by atoms with Crippen LogP contribution in [0.25, 0.3) is 0 Å². The first kappa shape index (κ1) is 18.6. The maximum absolute atomic E-state index is 11.9. The van der Waals surface area contributed by atoms with Gasteiger partial charge in [0.05, 0.1) is 12.6 Å². The second-order valence-corrected chi connectivity index (χ2v) is 6.00. The number of carbonyl (C=O) groups is 2. The van der Waals surface area contributed by atoms with Gasteiger partial charge in [-0.1, -0.05) is 30.3 Å². The zero-order valence-electron chi connectivity index (χ0n) is 14.9. The third-order valence-electron chi connectivity index (χ3n) is 3.88. The highest BCUT2D eigenvalue weighted by Gasteiger charge is 2.15. The van der Waals surface area contributed by atoms with Crippen molar-refractivity contribution in [2.75, 3.05) is 13.1 Å². The van der Waals surface area contributed by atoms with Crippen molar-refractivity contribution in [2.24, 2.45) is 0 Å². The number of nitrogens with one attached hydrogen (secondary N) is 3. The van der Waals surface area contributed by atoms with Crippen LogP contribution in [0.2, 0.25) is 0 Å². The van der Waals surface area contributed by atoms with Crippen molar-refractivity contribution in [2.45, 2.75) is 33.2 Å². The molecular weight excluding hydrogens is 318 g/mol. The lowest BCUT2D eigenvalue weighted by Gasteiger charge is -2.14. The first-order valence-corrected chi connectivity index (χ1v) is 8.37. The third kappa shape index (κ3) is 5.99. The van der Waals surface area contributed by atoms with E-state index in [2.05, 4.69) is 16.0 Å². The van der Waals surface area contributed by atoms with E-state index in [4.69, 9.17) is 4.42 Å². The first-order chi connectivity index (χ1) is 12.0. The summed E-state index contributed by atoms with van der Waals surface area (Å²) in [5.74, 6) is 1.37. The predicted octanol–water partition coefficient (Wildman–Crippen LogP) is 2.62. The Kier molecular flexibility index (Phi) is 6.62. The normalized spacial score (nSPS) is 11.6. The Morgan fingerprint density at radius 1 is 1.12 bits per heavy atom. The number of rotatable bonds is 7. The van der Waals surface area contributed by atoms with Gasteiger partial charge in [-0.15, -0.1) is 0 Å². The van der Waals surface area contributed by atoms with Crippen LogP contribution in [0.15, 0.2) is 40.8 Å². The van der Waals surface area contributed by atoms with Crippen LogP contribution in [0, 0.1) is 13.8 Å². The standard InChI is InChI=1S/C19H25N3O3/c1-13-11-17(15(3)25-13)14(2)22-19(24)21-12-18(23)20-10-9-16-7-5-4-6-8-16/h4-8,11,14H,9-10,12H2,1-3H3,(H,20,23)(H2,21,22,24)/t14-/m1/s1. The molecule has 134 valence electrons. The molecule has 0 unspecified atom stereocenters. The van der Waals surface area contributed by atoms with Crippen molar-refractivity contribution in [3.63, 3.8) is 0 Å². The molecular formula is C19H25N3O3. The molecule has 1 atom stereocenters. The molecule has 0 aliphatic carbocycles. The summed E-state index contributed by atoms with van der Waals surface area (Å²) in [7, 11) is 0. The number of urea groups is 1. The van der Waals surface area contributed by atoms with E-state index < -0.39 is 0 Å². The van der Waals surface area contributed by atoms with Gasteiger partial charge in [0.15, 0.2) is 0 Å². The van der Waals surface area contributed by atoms with E-state index in [0.717, 1.165) is 29.1 Å². The van der Waals surface area contributed by atoms with E-state index >= 15 is 0 Å². The Hall–Kier alpha value is -2.76. The highest BCUT2D eigenvalue weighted by Crippen LogP contribution is 2.20. The van der Waals surface area contributed by atoms with Crippen LogP contribution >= 0.6 is 0 Å². The minimum Gasteiger partial charge on any atom is -0.466 e. The van der Waals surface area contributed by atoms with Crippen molar-refractivity contribution in [1.29, 1.82) is 0 Å². The van der Waals surface area contributed by atoms with Crippen LogP contribution in [0.3, 0.4) is 0 Å². The Balaban J connectivity index is 1.67. The maximum Gasteiger partial charge on any atom is 0.315 e. The van der Waals surface area contributed by atoms with Crippen molar-refractivity contribution >= 4 is 11.9 Å². The molecule has 0 radical (unpaired) electrons. The van der Waals surface area contributed by atoms with Crippen LogP contribution in [-0.4, -0.2) is 25.0 Å². The Morgan fingerprint density at radius 3 is 2.48 bits per heavy atom. The molecule has 1 aromatic carbocycles. The van der Waals surface area contributed by atoms with Crippen molar-refractivity contribution < 1.29 is 14.0 Å². The second-order valence-electron chi connectivity index (χ2n) is 6.00. The van der Waals surface area contributed by atoms with Gasteiger partial charge in [0.2, 0.25) is 5.91 Å². The van der Waals surface area contributed by atoms with E-state index in [0.29, 0.717) is 6.54 Å². The Morgan fingerprint density at radius 2 is 1.84 bits per heavy atom. The number of aryl methyl sites for hydroxylation is 2. The molecule has 0 fully saturated rings. The van der Waals surface area contributed by atoms with Gasteiger partial charge in [-0.05, 0) is 38.8 Å². The Labute approximate surface area is 148 Å². The minimum absolute atomic E-state index is 0.0588. The number of hydrogen-bond donors (Lipinski definition) is 3. The number of benzene rings is 1. The summed E-state index contributed by atoms with van der Waals surface area (Å²) in [5, 5.41) is 8.15.